The number of ether oxygens (including phenoxy) is 3. The summed E-state index contributed by atoms with van der Waals surface area (Å²) in [4.78, 5) is 13.7. The lowest BCUT2D eigenvalue weighted by molar-refractivity contribution is -0.206. The molecule has 1 N–H and O–H groups in total. The van der Waals surface area contributed by atoms with E-state index in [1.165, 1.54) is 12.0 Å². The van der Waals surface area contributed by atoms with E-state index in [-0.39, 0.29) is 12.7 Å². The zero-order chi connectivity index (χ0) is 20.5. The molecule has 2 aromatic rings. The maximum atomic E-state index is 12.3. The van der Waals surface area contributed by atoms with E-state index in [9.17, 15) is 18.0 Å². The summed E-state index contributed by atoms with van der Waals surface area (Å²) in [6.07, 6.45) is -6.67. The Kier molecular flexibility index (Phi) is 5.71. The molecule has 3 rings (SSSR count). The smallest absolute Gasteiger partial charge is 0.414 e. The molecule has 0 spiro atoms. The van der Waals surface area contributed by atoms with Gasteiger partial charge in [0.15, 0.2) is 6.10 Å². The number of anilines is 1. The molecule has 28 heavy (non-hydrogen) atoms. The lowest BCUT2D eigenvalue weighted by Gasteiger charge is -2.15. The van der Waals surface area contributed by atoms with Gasteiger partial charge in [-0.1, -0.05) is 0 Å². The van der Waals surface area contributed by atoms with Crippen molar-refractivity contribution in [3.63, 3.8) is 0 Å². The summed E-state index contributed by atoms with van der Waals surface area (Å²) >= 11 is 0. The number of nitrogens with zero attached hydrogens (tertiary/aromatic N) is 2. The van der Waals surface area contributed by atoms with Crippen LogP contribution in [-0.4, -0.2) is 61.0 Å². The van der Waals surface area contributed by atoms with Crippen LogP contribution in [0.4, 0.5) is 23.7 Å². The Labute approximate surface area is 159 Å². The van der Waals surface area contributed by atoms with Crippen molar-refractivity contribution in [2.45, 2.75) is 24.8 Å². The number of methoxy groups -OCH3 is 1. The van der Waals surface area contributed by atoms with E-state index in [4.69, 9.17) is 19.3 Å². The fourth-order valence-corrected chi connectivity index (χ4v) is 3.09. The molecule has 2 atom stereocenters. The molecular weight excluding hydrogens is 381 g/mol. The number of cyclic esters (lactones) is 1. The normalized spacial score (nSPS) is 18.6. The highest BCUT2D eigenvalue weighted by molar-refractivity contribution is 6.02. The van der Waals surface area contributed by atoms with E-state index in [0.717, 1.165) is 10.9 Å². The van der Waals surface area contributed by atoms with Crippen molar-refractivity contribution >= 4 is 22.7 Å². The molecule has 0 saturated carbocycles. The van der Waals surface area contributed by atoms with Crippen LogP contribution >= 0.6 is 0 Å². The minimum atomic E-state index is -4.66. The Bertz CT molecular complexity index is 852. The molecule has 1 aliphatic rings. The van der Waals surface area contributed by atoms with Gasteiger partial charge < -0.3 is 23.9 Å². The van der Waals surface area contributed by atoms with Gasteiger partial charge >= 0.3 is 12.3 Å². The summed E-state index contributed by atoms with van der Waals surface area (Å²) < 4.78 is 54.4. The van der Waals surface area contributed by atoms with Crippen LogP contribution in [0.5, 0.6) is 5.75 Å². The third-order valence-electron chi connectivity index (χ3n) is 4.50. The first-order chi connectivity index (χ1) is 13.2. The van der Waals surface area contributed by atoms with E-state index in [1.54, 1.807) is 36.0 Å². The summed E-state index contributed by atoms with van der Waals surface area (Å²) in [7, 11) is 3.32. The van der Waals surface area contributed by atoms with Crippen molar-refractivity contribution in [1.82, 2.24) is 4.57 Å². The van der Waals surface area contributed by atoms with Gasteiger partial charge in [0.2, 0.25) is 0 Å². The first-order valence-electron chi connectivity index (χ1n) is 8.64. The first kappa shape index (κ1) is 20.3. The molecule has 0 bridgehead atoms. The second-order valence-electron chi connectivity index (χ2n) is 6.57. The van der Waals surface area contributed by atoms with Crippen molar-refractivity contribution in [3.8, 4) is 5.75 Å². The molecule has 1 unspecified atom stereocenters. The maximum absolute atomic E-state index is 12.3. The van der Waals surface area contributed by atoms with Gasteiger partial charge in [-0.15, -0.1) is 0 Å². The number of hydrogen-bond donors (Lipinski definition) is 1. The zero-order valence-corrected chi connectivity index (χ0v) is 15.4. The number of hydrogen-bond acceptors (Lipinski definition) is 5. The summed E-state index contributed by atoms with van der Waals surface area (Å²) in [6.45, 7) is 0.384. The van der Waals surface area contributed by atoms with Crippen molar-refractivity contribution in [2.75, 3.05) is 31.8 Å². The molecular formula is C18H21F3N2O5. The SMILES string of the molecule is COC[C@H]1CN(c2cn(C)c3cc(OCCC(O)C(F)(F)F)ccc23)C(=O)O1. The summed E-state index contributed by atoms with van der Waals surface area (Å²) in [6, 6.07) is 5.02. The topological polar surface area (TPSA) is 73.2 Å². The zero-order valence-electron chi connectivity index (χ0n) is 15.4. The van der Waals surface area contributed by atoms with E-state index < -0.39 is 24.8 Å². The number of amides is 1. The summed E-state index contributed by atoms with van der Waals surface area (Å²) in [5.74, 6) is 0.371. The average Bonchev–Trinajstić information content (AvgIpc) is 3.14. The minimum Gasteiger partial charge on any atom is -0.493 e. The minimum absolute atomic E-state index is 0.277. The number of carbonyl (C=O) groups is 1. The number of aryl methyl sites for hydroxylation is 1. The van der Waals surface area contributed by atoms with Crippen LogP contribution in [0.1, 0.15) is 6.42 Å². The number of carbonyl (C=O) groups excluding carboxylic acids is 1. The van der Waals surface area contributed by atoms with Gasteiger partial charge in [-0.05, 0) is 12.1 Å². The molecule has 1 amide bonds. The van der Waals surface area contributed by atoms with E-state index in [0.29, 0.717) is 24.6 Å². The molecule has 0 radical (unpaired) electrons. The van der Waals surface area contributed by atoms with Crippen LogP contribution < -0.4 is 9.64 Å². The number of aliphatic hydroxyl groups excluding tert-OH is 1. The summed E-state index contributed by atoms with van der Waals surface area (Å²) in [5.41, 5.74) is 1.41. The standard InChI is InChI=1S/C18H21F3N2O5/c1-22-9-15(23-8-12(10-26-2)28-17(23)25)13-4-3-11(7-14(13)22)27-6-5-16(24)18(19,20)21/h3-4,7,9,12,16,24H,5-6,8,10H2,1-2H3/t12-,16?/m1/s1. The lowest BCUT2D eigenvalue weighted by Crippen LogP contribution is -2.30. The fraction of sp³-hybridized carbons (Fsp3) is 0.500. The number of aliphatic hydroxyl groups is 1. The van der Waals surface area contributed by atoms with E-state index in [1.807, 2.05) is 0 Å². The van der Waals surface area contributed by atoms with Gasteiger partial charge in [-0.3, -0.25) is 4.90 Å². The van der Waals surface area contributed by atoms with Gasteiger partial charge in [0, 0.05) is 38.2 Å². The Balaban J connectivity index is 1.74. The van der Waals surface area contributed by atoms with Crippen LogP contribution in [0.2, 0.25) is 0 Å². The van der Waals surface area contributed by atoms with Gasteiger partial charge in [0.1, 0.15) is 11.9 Å². The Morgan fingerprint density at radius 2 is 2.14 bits per heavy atom. The second kappa shape index (κ2) is 7.88. The van der Waals surface area contributed by atoms with Crippen LogP contribution in [0, 0.1) is 0 Å². The Morgan fingerprint density at radius 1 is 1.39 bits per heavy atom. The third-order valence-corrected chi connectivity index (χ3v) is 4.50. The third kappa shape index (κ3) is 4.17. The predicted molar refractivity (Wildman–Crippen MR) is 94.6 cm³/mol. The second-order valence-corrected chi connectivity index (χ2v) is 6.57. The van der Waals surface area contributed by atoms with Crippen LogP contribution in [0.3, 0.4) is 0 Å². The van der Waals surface area contributed by atoms with Crippen LogP contribution in [0.25, 0.3) is 10.9 Å². The van der Waals surface area contributed by atoms with E-state index >= 15 is 0 Å². The molecule has 1 aliphatic heterocycles. The molecule has 1 aromatic carbocycles. The van der Waals surface area contributed by atoms with Crippen LogP contribution in [0.15, 0.2) is 24.4 Å². The van der Waals surface area contributed by atoms with Crippen LogP contribution in [-0.2, 0) is 16.5 Å². The van der Waals surface area contributed by atoms with Gasteiger partial charge in [-0.2, -0.15) is 13.2 Å². The van der Waals surface area contributed by atoms with Crippen molar-refractivity contribution in [2.24, 2.45) is 7.05 Å². The highest BCUT2D eigenvalue weighted by atomic mass is 19.4. The molecule has 7 nitrogen and oxygen atoms in total. The largest absolute Gasteiger partial charge is 0.493 e. The van der Waals surface area contributed by atoms with Gasteiger partial charge in [0.05, 0.1) is 31.0 Å². The summed E-state index contributed by atoms with van der Waals surface area (Å²) in [5, 5.41) is 9.80. The number of alkyl halides is 3. The highest BCUT2D eigenvalue weighted by Gasteiger charge is 2.38. The molecule has 1 aromatic heterocycles. The van der Waals surface area contributed by atoms with Crippen molar-refractivity contribution in [3.05, 3.63) is 24.4 Å². The van der Waals surface area contributed by atoms with Crippen molar-refractivity contribution in [1.29, 1.82) is 0 Å². The first-order valence-corrected chi connectivity index (χ1v) is 8.64. The number of halogens is 3. The predicted octanol–water partition coefficient (Wildman–Crippen LogP) is 2.84. The molecule has 10 heteroatoms. The molecule has 0 aliphatic carbocycles. The monoisotopic (exact) mass is 402 g/mol. The van der Waals surface area contributed by atoms with Gasteiger partial charge in [-0.25, -0.2) is 4.79 Å². The number of rotatable bonds is 7. The van der Waals surface area contributed by atoms with Crippen molar-refractivity contribution < 1.29 is 37.3 Å². The molecule has 1 fully saturated rings. The molecule has 154 valence electrons. The van der Waals surface area contributed by atoms with E-state index in [2.05, 4.69) is 0 Å². The molecule has 1 saturated heterocycles. The molecule has 2 heterocycles. The number of aromatic nitrogens is 1. The Hall–Kier alpha value is -2.46. The number of benzene rings is 1. The lowest BCUT2D eigenvalue weighted by atomic mass is 10.2. The quantitative estimate of drug-likeness (QED) is 0.771. The average molecular weight is 402 g/mol. The van der Waals surface area contributed by atoms with Gasteiger partial charge in [0.25, 0.3) is 0 Å². The maximum Gasteiger partial charge on any atom is 0.414 e. The fourth-order valence-electron chi connectivity index (χ4n) is 3.09. The Morgan fingerprint density at radius 3 is 2.82 bits per heavy atom. The number of fused-ring (bicyclic) bond motifs is 1. The highest BCUT2D eigenvalue weighted by Crippen LogP contribution is 2.34.